The fraction of sp³-hybridized carbons (Fsp3) is 0.176. The van der Waals surface area contributed by atoms with Crippen LogP contribution in [-0.2, 0) is 16.1 Å². The van der Waals surface area contributed by atoms with Gasteiger partial charge >= 0.3 is 5.97 Å². The van der Waals surface area contributed by atoms with Crippen LogP contribution in [0.5, 0.6) is 0 Å². The lowest BCUT2D eigenvalue weighted by Crippen LogP contribution is -2.39. The highest BCUT2D eigenvalue weighted by molar-refractivity contribution is 6.30. The fourth-order valence-corrected chi connectivity index (χ4v) is 2.24. The number of halogens is 1. The van der Waals surface area contributed by atoms with Crippen molar-refractivity contribution in [3.8, 4) is 11.4 Å². The van der Waals surface area contributed by atoms with Crippen LogP contribution in [0.2, 0.25) is 5.02 Å². The Kier molecular flexibility index (Phi) is 5.33. The molecule has 1 atom stereocenters. The third-order valence-corrected chi connectivity index (χ3v) is 3.57. The molecule has 1 aromatic carbocycles. The maximum Gasteiger partial charge on any atom is 0.328 e. The van der Waals surface area contributed by atoms with Gasteiger partial charge in [0.05, 0.1) is 6.26 Å². The Balaban J connectivity index is 1.54. The lowest BCUT2D eigenvalue weighted by molar-refractivity contribution is -0.147. The van der Waals surface area contributed by atoms with Crippen molar-refractivity contribution in [2.45, 2.75) is 19.6 Å². The van der Waals surface area contributed by atoms with Crippen LogP contribution in [0.15, 0.2) is 51.6 Å². The first-order chi connectivity index (χ1) is 12.5. The van der Waals surface area contributed by atoms with Crippen molar-refractivity contribution in [2.24, 2.45) is 0 Å². The van der Waals surface area contributed by atoms with Gasteiger partial charge in [0.25, 0.3) is 11.8 Å². The summed E-state index contributed by atoms with van der Waals surface area (Å²) in [6.45, 7) is 1.28. The van der Waals surface area contributed by atoms with E-state index in [4.69, 9.17) is 25.3 Å². The normalized spacial score (nSPS) is 11.8. The summed E-state index contributed by atoms with van der Waals surface area (Å²) in [4.78, 5) is 27.9. The van der Waals surface area contributed by atoms with Gasteiger partial charge in [-0.25, -0.2) is 4.79 Å². The first kappa shape index (κ1) is 17.7. The highest BCUT2D eigenvalue weighted by Gasteiger charge is 2.20. The van der Waals surface area contributed by atoms with Gasteiger partial charge in [-0.15, -0.1) is 0 Å². The molecular formula is C17H14ClN3O5. The van der Waals surface area contributed by atoms with Crippen molar-refractivity contribution >= 4 is 23.5 Å². The molecule has 0 aliphatic heterocycles. The standard InChI is InChI=1S/C17H14ClN3O5/c1-10(19-16(22)13-6-3-7-24-13)17(23)25-9-14-20-15(21-26-14)11-4-2-5-12(18)8-11/h2-8,10H,9H2,1H3,(H,19,22)/t10-/m0/s1. The van der Waals surface area contributed by atoms with Crippen LogP contribution in [0.3, 0.4) is 0 Å². The summed E-state index contributed by atoms with van der Waals surface area (Å²) in [6, 6.07) is 9.15. The van der Waals surface area contributed by atoms with Crippen molar-refractivity contribution in [1.29, 1.82) is 0 Å². The predicted molar refractivity (Wildman–Crippen MR) is 90.2 cm³/mol. The molecule has 134 valence electrons. The van der Waals surface area contributed by atoms with Gasteiger partial charge in [0, 0.05) is 10.6 Å². The monoisotopic (exact) mass is 375 g/mol. The Bertz CT molecular complexity index is 907. The maximum absolute atomic E-state index is 12.0. The largest absolute Gasteiger partial charge is 0.459 e. The van der Waals surface area contributed by atoms with Gasteiger partial charge in [-0.1, -0.05) is 28.9 Å². The van der Waals surface area contributed by atoms with E-state index in [1.54, 1.807) is 30.3 Å². The van der Waals surface area contributed by atoms with E-state index < -0.39 is 17.9 Å². The number of benzene rings is 1. The average Bonchev–Trinajstić information content (AvgIpc) is 3.31. The number of nitrogens with one attached hydrogen (secondary N) is 1. The molecule has 0 aliphatic carbocycles. The molecular weight excluding hydrogens is 362 g/mol. The minimum Gasteiger partial charge on any atom is -0.459 e. The predicted octanol–water partition coefficient (Wildman–Crippen LogP) is 2.84. The minimum atomic E-state index is -0.872. The Labute approximate surface area is 153 Å². The number of rotatable bonds is 6. The maximum atomic E-state index is 12.0. The first-order valence-corrected chi connectivity index (χ1v) is 8.00. The Morgan fingerprint density at radius 2 is 2.15 bits per heavy atom. The van der Waals surface area contributed by atoms with E-state index >= 15 is 0 Å². The van der Waals surface area contributed by atoms with Gasteiger partial charge in [0.15, 0.2) is 12.4 Å². The number of ether oxygens (including phenoxy) is 1. The first-order valence-electron chi connectivity index (χ1n) is 7.62. The number of aromatic nitrogens is 2. The molecule has 0 bridgehead atoms. The van der Waals surface area contributed by atoms with Crippen molar-refractivity contribution in [3.63, 3.8) is 0 Å². The van der Waals surface area contributed by atoms with Gasteiger partial charge in [-0.05, 0) is 31.2 Å². The lowest BCUT2D eigenvalue weighted by Gasteiger charge is -2.11. The number of carbonyl (C=O) groups excluding carboxylic acids is 2. The molecule has 3 aromatic rings. The second kappa shape index (κ2) is 7.83. The Morgan fingerprint density at radius 1 is 1.31 bits per heavy atom. The van der Waals surface area contributed by atoms with Crippen molar-refractivity contribution in [3.05, 3.63) is 59.3 Å². The number of furan rings is 1. The molecule has 0 spiro atoms. The van der Waals surface area contributed by atoms with E-state index in [1.807, 2.05) is 0 Å². The van der Waals surface area contributed by atoms with E-state index in [0.717, 1.165) is 0 Å². The molecule has 0 saturated heterocycles. The van der Waals surface area contributed by atoms with Gasteiger partial charge in [-0.2, -0.15) is 4.98 Å². The van der Waals surface area contributed by atoms with Crippen LogP contribution in [0.4, 0.5) is 0 Å². The van der Waals surface area contributed by atoms with Crippen LogP contribution in [0.25, 0.3) is 11.4 Å². The number of hydrogen-bond donors (Lipinski definition) is 1. The molecule has 0 fully saturated rings. The van der Waals surface area contributed by atoms with Crippen molar-refractivity contribution < 1.29 is 23.3 Å². The summed E-state index contributed by atoms with van der Waals surface area (Å²) in [5, 5.41) is 6.82. The van der Waals surface area contributed by atoms with Gasteiger partial charge < -0.3 is 19.0 Å². The van der Waals surface area contributed by atoms with Crippen LogP contribution < -0.4 is 5.32 Å². The highest BCUT2D eigenvalue weighted by atomic mass is 35.5. The molecule has 8 nitrogen and oxygen atoms in total. The molecule has 9 heteroatoms. The minimum absolute atomic E-state index is 0.104. The second-order valence-corrected chi connectivity index (χ2v) is 5.74. The quantitative estimate of drug-likeness (QED) is 0.660. The van der Waals surface area contributed by atoms with Crippen LogP contribution >= 0.6 is 11.6 Å². The van der Waals surface area contributed by atoms with Crippen LogP contribution in [-0.4, -0.2) is 28.1 Å². The Morgan fingerprint density at radius 3 is 2.88 bits per heavy atom. The average molecular weight is 376 g/mol. The van der Waals surface area contributed by atoms with Crippen molar-refractivity contribution in [2.75, 3.05) is 0 Å². The number of amides is 1. The molecule has 0 unspecified atom stereocenters. The van der Waals surface area contributed by atoms with E-state index in [9.17, 15) is 9.59 Å². The fourth-order valence-electron chi connectivity index (χ4n) is 2.05. The van der Waals surface area contributed by atoms with E-state index in [1.165, 1.54) is 19.3 Å². The molecule has 0 saturated carbocycles. The Hall–Kier alpha value is -3.13. The molecule has 0 radical (unpaired) electrons. The van der Waals surface area contributed by atoms with Crippen molar-refractivity contribution in [1.82, 2.24) is 15.5 Å². The lowest BCUT2D eigenvalue weighted by atomic mass is 10.2. The van der Waals surface area contributed by atoms with Gasteiger partial charge in [0.2, 0.25) is 5.82 Å². The third kappa shape index (κ3) is 4.28. The number of nitrogens with zero attached hydrogens (tertiary/aromatic N) is 2. The molecule has 26 heavy (non-hydrogen) atoms. The van der Waals surface area contributed by atoms with E-state index in [0.29, 0.717) is 16.4 Å². The van der Waals surface area contributed by atoms with Gasteiger partial charge in [0.1, 0.15) is 6.04 Å². The SMILES string of the molecule is C[C@H](NC(=O)c1ccco1)C(=O)OCc1nc(-c2cccc(Cl)c2)no1. The number of hydrogen-bond acceptors (Lipinski definition) is 7. The molecule has 0 aliphatic rings. The summed E-state index contributed by atoms with van der Waals surface area (Å²) in [5.41, 5.74) is 0.679. The molecule has 3 rings (SSSR count). The molecule has 2 heterocycles. The highest BCUT2D eigenvalue weighted by Crippen LogP contribution is 2.20. The zero-order valence-corrected chi connectivity index (χ0v) is 14.4. The summed E-state index contributed by atoms with van der Waals surface area (Å²) in [5.74, 6) is -0.601. The smallest absolute Gasteiger partial charge is 0.328 e. The summed E-state index contributed by atoms with van der Waals surface area (Å²) >= 11 is 5.92. The number of esters is 1. The number of carbonyl (C=O) groups is 2. The van der Waals surface area contributed by atoms with Crippen LogP contribution in [0, 0.1) is 0 Å². The van der Waals surface area contributed by atoms with Crippen LogP contribution in [0.1, 0.15) is 23.4 Å². The summed E-state index contributed by atoms with van der Waals surface area (Å²) in [7, 11) is 0. The third-order valence-electron chi connectivity index (χ3n) is 3.33. The second-order valence-electron chi connectivity index (χ2n) is 5.30. The molecule has 1 amide bonds. The summed E-state index contributed by atoms with van der Waals surface area (Å²) in [6.07, 6.45) is 1.37. The zero-order valence-electron chi connectivity index (χ0n) is 13.6. The zero-order chi connectivity index (χ0) is 18.5. The topological polar surface area (TPSA) is 107 Å². The van der Waals surface area contributed by atoms with E-state index in [2.05, 4.69) is 15.5 Å². The molecule has 2 aromatic heterocycles. The van der Waals surface area contributed by atoms with Gasteiger partial charge in [-0.3, -0.25) is 4.79 Å². The molecule has 1 N–H and O–H groups in total. The van der Waals surface area contributed by atoms with E-state index in [-0.39, 0.29) is 18.3 Å². The summed E-state index contributed by atoms with van der Waals surface area (Å²) < 4.78 is 15.1.